The van der Waals surface area contributed by atoms with Crippen molar-refractivity contribution in [1.82, 2.24) is 4.98 Å². The molecule has 0 aliphatic carbocycles. The third-order valence-corrected chi connectivity index (χ3v) is 2.63. The van der Waals surface area contributed by atoms with Crippen molar-refractivity contribution in [2.75, 3.05) is 12.3 Å². The lowest BCUT2D eigenvalue weighted by atomic mass is 10.1. The summed E-state index contributed by atoms with van der Waals surface area (Å²) in [5.74, 6) is -0.909. The highest BCUT2D eigenvalue weighted by Gasteiger charge is 2.11. The Bertz CT molecular complexity index is 362. The standard InChI is InChI=1S/C9H13N3O2S/c10-4-8(14)7(13)3-1-2-6-5-15-9(11)12-6/h5H,1-4,10H2,(H2,11,12). The molecule has 0 saturated heterocycles. The summed E-state index contributed by atoms with van der Waals surface area (Å²) >= 11 is 1.37. The number of nitrogens with two attached hydrogens (primary N) is 2. The molecule has 0 aliphatic heterocycles. The number of thiazole rings is 1. The number of aryl methyl sites for hydroxylation is 1. The van der Waals surface area contributed by atoms with Crippen LogP contribution in [0.25, 0.3) is 0 Å². The first kappa shape index (κ1) is 11.8. The summed E-state index contributed by atoms with van der Waals surface area (Å²) in [5.41, 5.74) is 11.4. The first-order valence-corrected chi connectivity index (χ1v) is 5.47. The van der Waals surface area contributed by atoms with Crippen LogP contribution in [-0.4, -0.2) is 23.1 Å². The Morgan fingerprint density at radius 3 is 2.67 bits per heavy atom. The van der Waals surface area contributed by atoms with E-state index in [-0.39, 0.29) is 13.0 Å². The van der Waals surface area contributed by atoms with Gasteiger partial charge in [-0.15, -0.1) is 11.3 Å². The van der Waals surface area contributed by atoms with Gasteiger partial charge >= 0.3 is 0 Å². The Morgan fingerprint density at radius 1 is 1.40 bits per heavy atom. The fraction of sp³-hybridized carbons (Fsp3) is 0.444. The maximum absolute atomic E-state index is 11.1. The van der Waals surface area contributed by atoms with Gasteiger partial charge in [0.2, 0.25) is 5.78 Å². The van der Waals surface area contributed by atoms with Crippen LogP contribution in [0.2, 0.25) is 0 Å². The molecule has 0 amide bonds. The largest absolute Gasteiger partial charge is 0.375 e. The molecule has 0 unspecified atom stereocenters. The number of ketones is 2. The van der Waals surface area contributed by atoms with Crippen molar-refractivity contribution in [2.45, 2.75) is 19.3 Å². The van der Waals surface area contributed by atoms with Crippen molar-refractivity contribution in [2.24, 2.45) is 5.73 Å². The van der Waals surface area contributed by atoms with E-state index in [1.54, 1.807) is 0 Å². The minimum atomic E-state index is -0.507. The molecule has 0 radical (unpaired) electrons. The van der Waals surface area contributed by atoms with Crippen molar-refractivity contribution >= 4 is 28.0 Å². The van der Waals surface area contributed by atoms with Gasteiger partial charge in [-0.3, -0.25) is 9.59 Å². The van der Waals surface area contributed by atoms with Crippen LogP contribution in [0, 0.1) is 0 Å². The average molecular weight is 227 g/mol. The van der Waals surface area contributed by atoms with Gasteiger partial charge in [0.15, 0.2) is 10.9 Å². The van der Waals surface area contributed by atoms with Crippen LogP contribution in [0.4, 0.5) is 5.13 Å². The van der Waals surface area contributed by atoms with E-state index in [0.717, 1.165) is 5.69 Å². The molecular formula is C9H13N3O2S. The van der Waals surface area contributed by atoms with Gasteiger partial charge in [0, 0.05) is 11.8 Å². The Labute approximate surface area is 91.5 Å². The number of nitrogens with zero attached hydrogens (tertiary/aromatic N) is 1. The summed E-state index contributed by atoms with van der Waals surface area (Å²) in [6.07, 6.45) is 1.50. The molecule has 1 heterocycles. The Balaban J connectivity index is 2.27. The molecule has 1 aromatic heterocycles. The van der Waals surface area contributed by atoms with E-state index < -0.39 is 11.6 Å². The van der Waals surface area contributed by atoms with Gasteiger partial charge in [0.05, 0.1) is 12.2 Å². The molecule has 1 rings (SSSR count). The van der Waals surface area contributed by atoms with Crippen molar-refractivity contribution in [3.8, 4) is 0 Å². The summed E-state index contributed by atoms with van der Waals surface area (Å²) < 4.78 is 0. The lowest BCUT2D eigenvalue weighted by Gasteiger charge is -1.96. The molecule has 0 aliphatic rings. The summed E-state index contributed by atoms with van der Waals surface area (Å²) in [6, 6.07) is 0. The number of carbonyl (C=O) groups excluding carboxylic acids is 2. The number of hydrogen-bond donors (Lipinski definition) is 2. The molecule has 0 bridgehead atoms. The highest BCUT2D eigenvalue weighted by atomic mass is 32.1. The van der Waals surface area contributed by atoms with E-state index in [2.05, 4.69) is 4.98 Å². The first-order chi connectivity index (χ1) is 7.13. The molecule has 6 heteroatoms. The number of anilines is 1. The molecule has 0 saturated carbocycles. The highest BCUT2D eigenvalue weighted by molar-refractivity contribution is 7.13. The third kappa shape index (κ3) is 3.77. The first-order valence-electron chi connectivity index (χ1n) is 4.59. The second-order valence-electron chi connectivity index (χ2n) is 3.08. The van der Waals surface area contributed by atoms with Gasteiger partial charge in [-0.1, -0.05) is 0 Å². The molecule has 0 atom stereocenters. The van der Waals surface area contributed by atoms with Crippen LogP contribution in [0.3, 0.4) is 0 Å². The number of aromatic nitrogens is 1. The van der Waals surface area contributed by atoms with Crippen LogP contribution in [0.1, 0.15) is 18.5 Å². The van der Waals surface area contributed by atoms with E-state index in [1.165, 1.54) is 11.3 Å². The van der Waals surface area contributed by atoms with E-state index in [0.29, 0.717) is 18.0 Å². The van der Waals surface area contributed by atoms with Crippen molar-refractivity contribution in [3.63, 3.8) is 0 Å². The van der Waals surface area contributed by atoms with Crippen LogP contribution >= 0.6 is 11.3 Å². The number of hydrogen-bond acceptors (Lipinski definition) is 6. The van der Waals surface area contributed by atoms with Gasteiger partial charge in [0.25, 0.3) is 0 Å². The van der Waals surface area contributed by atoms with Gasteiger partial charge < -0.3 is 11.5 Å². The zero-order valence-corrected chi connectivity index (χ0v) is 9.05. The van der Waals surface area contributed by atoms with E-state index in [9.17, 15) is 9.59 Å². The molecule has 82 valence electrons. The number of rotatable bonds is 6. The summed E-state index contributed by atoms with van der Waals surface area (Å²) in [7, 11) is 0. The monoisotopic (exact) mass is 227 g/mol. The third-order valence-electron chi connectivity index (χ3n) is 1.90. The Hall–Kier alpha value is -1.27. The van der Waals surface area contributed by atoms with Crippen LogP contribution in [0.5, 0.6) is 0 Å². The topological polar surface area (TPSA) is 99.1 Å². The fourth-order valence-electron chi connectivity index (χ4n) is 1.12. The van der Waals surface area contributed by atoms with Crippen LogP contribution < -0.4 is 11.5 Å². The number of Topliss-reactive ketones (excluding diaryl/α,β-unsaturated/α-hetero) is 2. The number of nitrogen functional groups attached to an aromatic ring is 1. The van der Waals surface area contributed by atoms with Crippen LogP contribution in [-0.2, 0) is 16.0 Å². The van der Waals surface area contributed by atoms with Crippen molar-refractivity contribution in [3.05, 3.63) is 11.1 Å². The normalized spacial score (nSPS) is 10.2. The fourth-order valence-corrected chi connectivity index (χ4v) is 1.72. The molecule has 0 fully saturated rings. The summed E-state index contributed by atoms with van der Waals surface area (Å²) in [5, 5.41) is 2.37. The molecule has 4 N–H and O–H groups in total. The predicted molar refractivity (Wildman–Crippen MR) is 58.5 cm³/mol. The molecule has 5 nitrogen and oxygen atoms in total. The second-order valence-corrected chi connectivity index (χ2v) is 3.97. The lowest BCUT2D eigenvalue weighted by molar-refractivity contribution is -0.135. The Kier molecular flexibility index (Phi) is 4.38. The SMILES string of the molecule is NCC(=O)C(=O)CCCc1csc(N)n1. The predicted octanol–water partition coefficient (Wildman–Crippen LogP) is 0.145. The van der Waals surface area contributed by atoms with Gasteiger partial charge in [0.1, 0.15) is 0 Å². The zero-order valence-electron chi connectivity index (χ0n) is 8.23. The van der Waals surface area contributed by atoms with E-state index >= 15 is 0 Å². The highest BCUT2D eigenvalue weighted by Crippen LogP contribution is 2.13. The second kappa shape index (κ2) is 5.57. The van der Waals surface area contributed by atoms with Gasteiger partial charge in [-0.05, 0) is 12.8 Å². The van der Waals surface area contributed by atoms with Crippen molar-refractivity contribution in [1.29, 1.82) is 0 Å². The molecule has 0 aromatic carbocycles. The van der Waals surface area contributed by atoms with Gasteiger partial charge in [-0.2, -0.15) is 0 Å². The summed E-state index contributed by atoms with van der Waals surface area (Å²) in [6.45, 7) is -0.206. The average Bonchev–Trinajstić information content (AvgIpc) is 2.63. The van der Waals surface area contributed by atoms with E-state index in [4.69, 9.17) is 11.5 Å². The quantitative estimate of drug-likeness (QED) is 0.674. The summed E-state index contributed by atoms with van der Waals surface area (Å²) in [4.78, 5) is 26.0. The van der Waals surface area contributed by atoms with Crippen LogP contribution in [0.15, 0.2) is 5.38 Å². The maximum Gasteiger partial charge on any atom is 0.211 e. The lowest BCUT2D eigenvalue weighted by Crippen LogP contribution is -2.23. The zero-order chi connectivity index (χ0) is 11.3. The Morgan fingerprint density at radius 2 is 2.13 bits per heavy atom. The van der Waals surface area contributed by atoms with E-state index in [1.807, 2.05) is 5.38 Å². The number of carbonyl (C=O) groups is 2. The van der Waals surface area contributed by atoms with Gasteiger partial charge in [-0.25, -0.2) is 4.98 Å². The maximum atomic E-state index is 11.1. The molecule has 15 heavy (non-hydrogen) atoms. The molecular weight excluding hydrogens is 214 g/mol. The minimum Gasteiger partial charge on any atom is -0.375 e. The van der Waals surface area contributed by atoms with Crippen molar-refractivity contribution < 1.29 is 9.59 Å². The molecule has 1 aromatic rings. The smallest absolute Gasteiger partial charge is 0.211 e. The minimum absolute atomic E-state index is 0.206. The molecule has 0 spiro atoms.